The molecule has 3 aliphatic rings. The Balaban J connectivity index is 1.25. The topological polar surface area (TPSA) is 83.1 Å². The second-order valence-corrected chi connectivity index (χ2v) is 8.58. The first kappa shape index (κ1) is 21.6. The molecule has 2 aromatic rings. The number of carbonyl (C=O) groups is 2. The number of hydrogen-bond donors (Lipinski definition) is 1. The minimum atomic E-state index is -3.69. The average Bonchev–Trinajstić information content (AvgIpc) is 3.56. The van der Waals surface area contributed by atoms with Crippen molar-refractivity contribution in [2.75, 3.05) is 13.7 Å². The SMILES string of the molecule is COC(=O)c1ccc([C@@H]2C[C@H](NC(=O)C3(c4ccc5c(c4)OC(F)(F)O5)CC3)CCO2)cc1. The van der Waals surface area contributed by atoms with Crippen LogP contribution in [0.25, 0.3) is 0 Å². The minimum absolute atomic E-state index is 0.0366. The molecule has 33 heavy (non-hydrogen) atoms. The first-order chi connectivity index (χ1) is 15.8. The van der Waals surface area contributed by atoms with Gasteiger partial charge in [0.1, 0.15) is 0 Å². The van der Waals surface area contributed by atoms with Crippen molar-refractivity contribution in [1.82, 2.24) is 5.32 Å². The van der Waals surface area contributed by atoms with Gasteiger partial charge in [0.05, 0.1) is 24.2 Å². The second kappa shape index (κ2) is 7.98. The standard InChI is InChI=1S/C24H23F2NO6/c1-30-21(28)15-4-2-14(3-5-15)19-13-17(8-11-31-19)27-22(29)23(9-10-23)16-6-7-18-20(12-16)33-24(25,26)32-18/h2-7,12,17,19H,8-11,13H2,1H3,(H,27,29)/t17-,19+/m1/s1. The zero-order valence-electron chi connectivity index (χ0n) is 17.9. The molecule has 2 fully saturated rings. The van der Waals surface area contributed by atoms with Crippen LogP contribution < -0.4 is 14.8 Å². The van der Waals surface area contributed by atoms with E-state index in [9.17, 15) is 18.4 Å². The van der Waals surface area contributed by atoms with Crippen LogP contribution in [-0.2, 0) is 19.7 Å². The molecule has 2 aliphatic heterocycles. The van der Waals surface area contributed by atoms with Crippen molar-refractivity contribution >= 4 is 11.9 Å². The summed E-state index contributed by atoms with van der Waals surface area (Å²) in [6, 6.07) is 11.5. The van der Waals surface area contributed by atoms with Crippen molar-refractivity contribution in [2.24, 2.45) is 0 Å². The van der Waals surface area contributed by atoms with Gasteiger partial charge in [-0.25, -0.2) is 4.79 Å². The molecule has 7 nitrogen and oxygen atoms in total. The van der Waals surface area contributed by atoms with Gasteiger partial charge in [-0.3, -0.25) is 4.79 Å². The molecule has 9 heteroatoms. The van der Waals surface area contributed by atoms with E-state index in [1.807, 2.05) is 12.1 Å². The van der Waals surface area contributed by atoms with Gasteiger partial charge in [-0.05, 0) is 61.1 Å². The third-order valence-electron chi connectivity index (χ3n) is 6.46. The molecule has 0 bridgehead atoms. The summed E-state index contributed by atoms with van der Waals surface area (Å²) in [5, 5.41) is 3.13. The van der Waals surface area contributed by atoms with Crippen LogP contribution in [0.2, 0.25) is 0 Å². The van der Waals surface area contributed by atoms with Crippen LogP contribution in [0, 0.1) is 0 Å². The highest BCUT2D eigenvalue weighted by atomic mass is 19.3. The van der Waals surface area contributed by atoms with Crippen LogP contribution in [-0.4, -0.2) is 37.9 Å². The summed E-state index contributed by atoms with van der Waals surface area (Å²) in [5.41, 5.74) is 1.27. The molecule has 1 saturated heterocycles. The minimum Gasteiger partial charge on any atom is -0.465 e. The maximum absolute atomic E-state index is 13.3. The Morgan fingerprint density at radius 1 is 1.06 bits per heavy atom. The fraction of sp³-hybridized carbons (Fsp3) is 0.417. The van der Waals surface area contributed by atoms with Crippen LogP contribution in [0.15, 0.2) is 42.5 Å². The van der Waals surface area contributed by atoms with Crippen LogP contribution in [0.3, 0.4) is 0 Å². The first-order valence-electron chi connectivity index (χ1n) is 10.8. The number of benzene rings is 2. The van der Waals surface area contributed by atoms with E-state index < -0.39 is 17.7 Å². The molecule has 0 spiro atoms. The number of rotatable bonds is 5. The van der Waals surface area contributed by atoms with Gasteiger partial charge in [-0.1, -0.05) is 18.2 Å². The van der Waals surface area contributed by atoms with E-state index in [4.69, 9.17) is 9.47 Å². The highest BCUT2D eigenvalue weighted by Gasteiger charge is 2.53. The van der Waals surface area contributed by atoms with Crippen molar-refractivity contribution in [3.05, 3.63) is 59.2 Å². The molecule has 0 unspecified atom stereocenters. The molecule has 2 heterocycles. The third-order valence-corrected chi connectivity index (χ3v) is 6.46. The number of hydrogen-bond acceptors (Lipinski definition) is 6. The monoisotopic (exact) mass is 459 g/mol. The maximum atomic E-state index is 13.3. The average molecular weight is 459 g/mol. The van der Waals surface area contributed by atoms with E-state index in [1.54, 1.807) is 18.2 Å². The van der Waals surface area contributed by atoms with E-state index >= 15 is 0 Å². The second-order valence-electron chi connectivity index (χ2n) is 8.58. The lowest BCUT2D eigenvalue weighted by Gasteiger charge is -2.31. The predicted molar refractivity (Wildman–Crippen MR) is 111 cm³/mol. The van der Waals surface area contributed by atoms with E-state index in [0.29, 0.717) is 43.4 Å². The Morgan fingerprint density at radius 2 is 1.79 bits per heavy atom. The van der Waals surface area contributed by atoms with Gasteiger partial charge < -0.3 is 24.3 Å². The van der Waals surface area contributed by atoms with E-state index in [1.165, 1.54) is 19.2 Å². The summed E-state index contributed by atoms with van der Waals surface area (Å²) in [6.07, 6.45) is -1.36. The van der Waals surface area contributed by atoms with Crippen LogP contribution in [0.4, 0.5) is 8.78 Å². The summed E-state index contributed by atoms with van der Waals surface area (Å²) in [7, 11) is 1.33. The van der Waals surface area contributed by atoms with Gasteiger partial charge in [0.25, 0.3) is 0 Å². The molecular formula is C24H23F2NO6. The van der Waals surface area contributed by atoms with Gasteiger partial charge in [0.2, 0.25) is 5.91 Å². The Bertz CT molecular complexity index is 1080. The molecule has 174 valence electrons. The van der Waals surface area contributed by atoms with Crippen LogP contribution >= 0.6 is 0 Å². The molecule has 1 N–H and O–H groups in total. The number of halogens is 2. The summed E-state index contributed by atoms with van der Waals surface area (Å²) in [6.45, 7) is 0.487. The summed E-state index contributed by atoms with van der Waals surface area (Å²) in [4.78, 5) is 24.8. The maximum Gasteiger partial charge on any atom is 0.586 e. The highest BCUT2D eigenvalue weighted by molar-refractivity contribution is 5.91. The van der Waals surface area contributed by atoms with Gasteiger partial charge >= 0.3 is 12.3 Å². The van der Waals surface area contributed by atoms with Crippen LogP contribution in [0.5, 0.6) is 11.5 Å². The molecule has 5 rings (SSSR count). The van der Waals surface area contributed by atoms with Crippen molar-refractivity contribution in [2.45, 2.75) is 49.5 Å². The number of esters is 1. The molecular weight excluding hydrogens is 436 g/mol. The summed E-state index contributed by atoms with van der Waals surface area (Å²) < 4.78 is 46.3. The number of nitrogens with one attached hydrogen (secondary N) is 1. The van der Waals surface area contributed by atoms with Gasteiger partial charge in [-0.15, -0.1) is 8.78 Å². The largest absolute Gasteiger partial charge is 0.586 e. The van der Waals surface area contributed by atoms with Crippen molar-refractivity contribution in [3.8, 4) is 11.5 Å². The number of alkyl halides is 2. The Morgan fingerprint density at radius 3 is 2.48 bits per heavy atom. The Kier molecular flexibility index (Phi) is 5.23. The Hall–Kier alpha value is -3.20. The summed E-state index contributed by atoms with van der Waals surface area (Å²) in [5.74, 6) is -0.624. The van der Waals surface area contributed by atoms with Crippen LogP contribution in [0.1, 0.15) is 53.3 Å². The lowest BCUT2D eigenvalue weighted by molar-refractivity contribution is -0.286. The number of methoxy groups -OCH3 is 1. The fourth-order valence-electron chi connectivity index (χ4n) is 4.45. The smallest absolute Gasteiger partial charge is 0.465 e. The van der Waals surface area contributed by atoms with Crippen molar-refractivity contribution in [3.63, 3.8) is 0 Å². The van der Waals surface area contributed by atoms with Gasteiger partial charge in [0.15, 0.2) is 11.5 Å². The van der Waals surface area contributed by atoms with Gasteiger partial charge in [0, 0.05) is 12.6 Å². The number of carbonyl (C=O) groups excluding carboxylic acids is 2. The number of fused-ring (bicyclic) bond motifs is 1. The molecule has 1 amide bonds. The highest BCUT2D eigenvalue weighted by Crippen LogP contribution is 2.52. The number of ether oxygens (including phenoxy) is 4. The van der Waals surface area contributed by atoms with Crippen molar-refractivity contribution < 1.29 is 37.3 Å². The van der Waals surface area contributed by atoms with Crippen molar-refractivity contribution in [1.29, 1.82) is 0 Å². The molecule has 2 atom stereocenters. The molecule has 1 aliphatic carbocycles. The lowest BCUT2D eigenvalue weighted by Crippen LogP contribution is -2.44. The van der Waals surface area contributed by atoms with E-state index in [0.717, 1.165) is 5.56 Å². The van der Waals surface area contributed by atoms with Gasteiger partial charge in [-0.2, -0.15) is 0 Å². The molecule has 1 saturated carbocycles. The third kappa shape index (κ3) is 4.13. The summed E-state index contributed by atoms with van der Waals surface area (Å²) >= 11 is 0. The Labute approximate surface area is 189 Å². The zero-order chi connectivity index (χ0) is 23.2. The lowest BCUT2D eigenvalue weighted by atomic mass is 9.92. The first-order valence-corrected chi connectivity index (χ1v) is 10.8. The number of amides is 1. The molecule has 2 aromatic carbocycles. The van der Waals surface area contributed by atoms with E-state index in [2.05, 4.69) is 14.8 Å². The zero-order valence-corrected chi connectivity index (χ0v) is 17.9. The molecule has 0 aromatic heterocycles. The van der Waals surface area contributed by atoms with E-state index in [-0.39, 0.29) is 29.6 Å². The normalized spacial score (nSPS) is 24.1. The molecule has 0 radical (unpaired) electrons. The predicted octanol–water partition coefficient (Wildman–Crippen LogP) is 3.86. The quantitative estimate of drug-likeness (QED) is 0.684. The fourth-order valence-corrected chi connectivity index (χ4v) is 4.45.